The number of aryl methyl sites for hydroxylation is 1. The molecule has 41 heavy (non-hydrogen) atoms. The van der Waals surface area contributed by atoms with Crippen LogP contribution in [0.2, 0.25) is 10.0 Å². The SMILES string of the molecule is CC[C@H](C(=O)NC(C)(C)C)N(Cc1ccc(Cl)c(Cl)c1)C(=O)CN(c1cccc(C)c1C)S(=O)(=O)c1ccccc1. The van der Waals surface area contributed by atoms with Crippen LogP contribution in [0.15, 0.2) is 71.6 Å². The molecule has 220 valence electrons. The average molecular weight is 619 g/mol. The van der Waals surface area contributed by atoms with Crippen LogP contribution in [-0.4, -0.2) is 43.3 Å². The molecule has 3 aromatic rings. The molecule has 2 amide bonds. The smallest absolute Gasteiger partial charge is 0.264 e. The molecule has 0 bridgehead atoms. The van der Waals surface area contributed by atoms with Crippen molar-refractivity contribution in [1.29, 1.82) is 0 Å². The molecule has 0 unspecified atom stereocenters. The van der Waals surface area contributed by atoms with E-state index in [1.807, 2.05) is 47.6 Å². The number of carbonyl (C=O) groups is 2. The first kappa shape index (κ1) is 32.4. The minimum atomic E-state index is -4.14. The number of hydrogen-bond donors (Lipinski definition) is 1. The fourth-order valence-electron chi connectivity index (χ4n) is 4.45. The first-order valence-corrected chi connectivity index (χ1v) is 15.5. The summed E-state index contributed by atoms with van der Waals surface area (Å²) in [6.45, 7) is 10.6. The van der Waals surface area contributed by atoms with E-state index in [4.69, 9.17) is 23.2 Å². The molecule has 0 saturated heterocycles. The first-order chi connectivity index (χ1) is 19.2. The predicted molar refractivity (Wildman–Crippen MR) is 166 cm³/mol. The van der Waals surface area contributed by atoms with Gasteiger partial charge in [-0.25, -0.2) is 8.42 Å². The molecule has 0 aliphatic heterocycles. The van der Waals surface area contributed by atoms with Gasteiger partial charge in [0.15, 0.2) is 0 Å². The minimum Gasteiger partial charge on any atom is -0.350 e. The van der Waals surface area contributed by atoms with E-state index in [1.54, 1.807) is 48.5 Å². The van der Waals surface area contributed by atoms with Crippen molar-refractivity contribution in [2.45, 2.75) is 71.0 Å². The summed E-state index contributed by atoms with van der Waals surface area (Å²) in [7, 11) is -4.14. The number of amides is 2. The third-order valence-electron chi connectivity index (χ3n) is 6.68. The van der Waals surface area contributed by atoms with Gasteiger partial charge in [-0.15, -0.1) is 0 Å². The summed E-state index contributed by atoms with van der Waals surface area (Å²) in [5, 5.41) is 3.63. The van der Waals surface area contributed by atoms with Crippen molar-refractivity contribution in [1.82, 2.24) is 10.2 Å². The zero-order valence-corrected chi connectivity index (χ0v) is 26.6. The summed E-state index contributed by atoms with van der Waals surface area (Å²) < 4.78 is 29.1. The van der Waals surface area contributed by atoms with Gasteiger partial charge >= 0.3 is 0 Å². The van der Waals surface area contributed by atoms with Gasteiger partial charge in [0.1, 0.15) is 12.6 Å². The molecule has 3 aromatic carbocycles. The Labute approximate surface area is 253 Å². The topological polar surface area (TPSA) is 86.8 Å². The van der Waals surface area contributed by atoms with Crippen LogP contribution in [0.1, 0.15) is 50.8 Å². The van der Waals surface area contributed by atoms with Gasteiger partial charge in [0, 0.05) is 12.1 Å². The lowest BCUT2D eigenvalue weighted by atomic mass is 10.1. The van der Waals surface area contributed by atoms with Crippen LogP contribution in [0, 0.1) is 13.8 Å². The highest BCUT2D eigenvalue weighted by molar-refractivity contribution is 7.92. The van der Waals surface area contributed by atoms with E-state index in [-0.39, 0.29) is 17.3 Å². The molecule has 0 saturated carbocycles. The highest BCUT2D eigenvalue weighted by Gasteiger charge is 2.35. The quantitative estimate of drug-likeness (QED) is 0.280. The maximum absolute atomic E-state index is 14.2. The summed E-state index contributed by atoms with van der Waals surface area (Å²) in [6, 6.07) is 17.4. The van der Waals surface area contributed by atoms with Crippen molar-refractivity contribution in [3.05, 3.63) is 93.5 Å². The average Bonchev–Trinajstić information content (AvgIpc) is 2.90. The van der Waals surface area contributed by atoms with Crippen LogP contribution in [0.25, 0.3) is 0 Å². The number of nitrogens with one attached hydrogen (secondary N) is 1. The standard InChI is InChI=1S/C31H37Cl2N3O4S/c1-7-27(30(38)34-31(4,5)6)35(19-23-16-17-25(32)26(33)18-23)29(37)20-36(28-15-11-12-21(2)22(28)3)41(39,40)24-13-9-8-10-14-24/h8-18,27H,7,19-20H2,1-6H3,(H,34,38)/t27-/m1/s1. The molecule has 0 fully saturated rings. The largest absolute Gasteiger partial charge is 0.350 e. The van der Waals surface area contributed by atoms with E-state index in [0.717, 1.165) is 15.4 Å². The normalized spacial score (nSPS) is 12.5. The third kappa shape index (κ3) is 8.03. The summed E-state index contributed by atoms with van der Waals surface area (Å²) in [4.78, 5) is 29.1. The number of sulfonamides is 1. The maximum Gasteiger partial charge on any atom is 0.264 e. The Morgan fingerprint density at radius 2 is 1.59 bits per heavy atom. The fraction of sp³-hybridized carbons (Fsp3) is 0.355. The number of rotatable bonds is 10. The third-order valence-corrected chi connectivity index (χ3v) is 9.19. The summed E-state index contributed by atoms with van der Waals surface area (Å²) in [5.41, 5.74) is 2.12. The van der Waals surface area contributed by atoms with Crippen molar-refractivity contribution in [2.24, 2.45) is 0 Å². The number of carbonyl (C=O) groups excluding carboxylic acids is 2. The number of benzene rings is 3. The monoisotopic (exact) mass is 617 g/mol. The number of hydrogen-bond acceptors (Lipinski definition) is 4. The van der Waals surface area contributed by atoms with Crippen LogP contribution >= 0.6 is 23.2 Å². The summed E-state index contributed by atoms with van der Waals surface area (Å²) >= 11 is 12.4. The van der Waals surface area contributed by atoms with Crippen LogP contribution in [-0.2, 0) is 26.2 Å². The van der Waals surface area contributed by atoms with E-state index >= 15 is 0 Å². The van der Waals surface area contributed by atoms with Crippen molar-refractivity contribution in [3.63, 3.8) is 0 Å². The molecule has 10 heteroatoms. The molecule has 1 atom stereocenters. The Morgan fingerprint density at radius 1 is 0.927 bits per heavy atom. The van der Waals surface area contributed by atoms with E-state index in [2.05, 4.69) is 5.32 Å². The van der Waals surface area contributed by atoms with Crippen LogP contribution in [0.4, 0.5) is 5.69 Å². The van der Waals surface area contributed by atoms with Crippen molar-refractivity contribution in [2.75, 3.05) is 10.8 Å². The highest BCUT2D eigenvalue weighted by atomic mass is 35.5. The van der Waals surface area contributed by atoms with Crippen LogP contribution in [0.5, 0.6) is 0 Å². The van der Waals surface area contributed by atoms with E-state index in [0.29, 0.717) is 27.7 Å². The molecular weight excluding hydrogens is 581 g/mol. The zero-order valence-electron chi connectivity index (χ0n) is 24.2. The molecule has 0 aliphatic carbocycles. The zero-order chi connectivity index (χ0) is 30.5. The molecule has 0 heterocycles. The Balaban J connectivity index is 2.12. The lowest BCUT2D eigenvalue weighted by molar-refractivity contribution is -0.141. The van der Waals surface area contributed by atoms with Gasteiger partial charge in [-0.05, 0) is 88.1 Å². The molecule has 3 rings (SSSR count). The van der Waals surface area contributed by atoms with Gasteiger partial charge in [-0.2, -0.15) is 0 Å². The Morgan fingerprint density at radius 3 is 2.17 bits per heavy atom. The van der Waals surface area contributed by atoms with Gasteiger partial charge in [-0.1, -0.05) is 66.5 Å². The number of anilines is 1. The van der Waals surface area contributed by atoms with Crippen LogP contribution in [0.3, 0.4) is 0 Å². The van der Waals surface area contributed by atoms with Crippen molar-refractivity contribution in [3.8, 4) is 0 Å². The van der Waals surface area contributed by atoms with Crippen molar-refractivity contribution < 1.29 is 18.0 Å². The molecule has 7 nitrogen and oxygen atoms in total. The van der Waals surface area contributed by atoms with Gasteiger partial charge in [0.25, 0.3) is 10.0 Å². The van der Waals surface area contributed by atoms with E-state index in [9.17, 15) is 18.0 Å². The molecule has 0 spiro atoms. The molecular formula is C31H37Cl2N3O4S. The highest BCUT2D eigenvalue weighted by Crippen LogP contribution is 2.30. The van der Waals surface area contributed by atoms with Gasteiger partial charge < -0.3 is 10.2 Å². The second kappa shape index (κ2) is 13.3. The Kier molecular flexibility index (Phi) is 10.5. The number of halogens is 2. The second-order valence-electron chi connectivity index (χ2n) is 11.0. The van der Waals surface area contributed by atoms with E-state index < -0.39 is 34.1 Å². The Hall–Kier alpha value is -3.07. The predicted octanol–water partition coefficient (Wildman–Crippen LogP) is 6.53. The lowest BCUT2D eigenvalue weighted by Crippen LogP contribution is -2.55. The Bertz CT molecular complexity index is 1510. The summed E-state index contributed by atoms with van der Waals surface area (Å²) in [5.74, 6) is -0.870. The van der Waals surface area contributed by atoms with E-state index in [1.165, 1.54) is 17.0 Å². The molecule has 0 radical (unpaired) electrons. The lowest BCUT2D eigenvalue weighted by Gasteiger charge is -2.35. The van der Waals surface area contributed by atoms with Crippen LogP contribution < -0.4 is 9.62 Å². The molecule has 1 N–H and O–H groups in total. The molecule has 0 aromatic heterocycles. The van der Waals surface area contributed by atoms with Gasteiger partial charge in [-0.3, -0.25) is 13.9 Å². The first-order valence-electron chi connectivity index (χ1n) is 13.3. The minimum absolute atomic E-state index is 0.0256. The van der Waals surface area contributed by atoms with Crippen molar-refractivity contribution >= 4 is 50.7 Å². The summed E-state index contributed by atoms with van der Waals surface area (Å²) in [6.07, 6.45) is 0.309. The maximum atomic E-state index is 14.2. The molecule has 0 aliphatic rings. The fourth-order valence-corrected chi connectivity index (χ4v) is 6.26. The number of nitrogens with zero attached hydrogens (tertiary/aromatic N) is 2. The second-order valence-corrected chi connectivity index (χ2v) is 13.7. The van der Waals surface area contributed by atoms with Gasteiger partial charge in [0.05, 0.1) is 20.6 Å². The van der Waals surface area contributed by atoms with Gasteiger partial charge in [0.2, 0.25) is 11.8 Å².